The Morgan fingerprint density at radius 1 is 1.25 bits per heavy atom. The lowest BCUT2D eigenvalue weighted by Gasteiger charge is -2.13. The lowest BCUT2D eigenvalue weighted by Crippen LogP contribution is -2.40. The molecule has 0 aliphatic rings. The van der Waals surface area contributed by atoms with E-state index in [0.29, 0.717) is 18.4 Å². The number of aliphatic carboxylic acids is 1. The molecule has 1 heterocycles. The van der Waals surface area contributed by atoms with Gasteiger partial charge >= 0.3 is 5.97 Å². The highest BCUT2D eigenvalue weighted by molar-refractivity contribution is 5.96. The number of para-hydroxylation sites is 1. The number of carbonyl (C=O) groups excluding carboxylic acids is 1. The largest absolute Gasteiger partial charge is 0.480 e. The molecule has 1 aromatic heterocycles. The summed E-state index contributed by atoms with van der Waals surface area (Å²) in [7, 11) is 0. The molecule has 0 aliphatic carbocycles. The van der Waals surface area contributed by atoms with E-state index in [2.05, 4.69) is 10.3 Å². The van der Waals surface area contributed by atoms with Crippen LogP contribution in [0.1, 0.15) is 30.3 Å². The minimum Gasteiger partial charge on any atom is -0.480 e. The number of carboxylic acids is 1. The zero-order valence-corrected chi connectivity index (χ0v) is 11.2. The molecule has 5 heteroatoms. The van der Waals surface area contributed by atoms with Gasteiger partial charge in [0.2, 0.25) is 0 Å². The van der Waals surface area contributed by atoms with Crippen molar-refractivity contribution in [3.63, 3.8) is 0 Å². The number of nitrogens with one attached hydrogen (secondary N) is 1. The lowest BCUT2D eigenvalue weighted by molar-refractivity contribution is -0.139. The summed E-state index contributed by atoms with van der Waals surface area (Å²) in [6, 6.07) is 9.98. The second-order valence-corrected chi connectivity index (χ2v) is 4.54. The van der Waals surface area contributed by atoms with Crippen LogP contribution in [0.4, 0.5) is 0 Å². The Kier molecular flexibility index (Phi) is 4.30. The van der Waals surface area contributed by atoms with Gasteiger partial charge in [0.1, 0.15) is 11.7 Å². The van der Waals surface area contributed by atoms with Gasteiger partial charge in [-0.05, 0) is 18.6 Å². The topological polar surface area (TPSA) is 79.3 Å². The van der Waals surface area contributed by atoms with Gasteiger partial charge in [-0.15, -0.1) is 0 Å². The summed E-state index contributed by atoms with van der Waals surface area (Å²) in [6.07, 6.45) is 1.08. The van der Waals surface area contributed by atoms with E-state index in [-0.39, 0.29) is 5.69 Å². The number of rotatable bonds is 5. The molecule has 2 aromatic rings. The van der Waals surface area contributed by atoms with Crippen molar-refractivity contribution >= 4 is 22.8 Å². The van der Waals surface area contributed by atoms with Crippen molar-refractivity contribution in [2.24, 2.45) is 0 Å². The van der Waals surface area contributed by atoms with Crippen LogP contribution >= 0.6 is 0 Å². The second-order valence-electron chi connectivity index (χ2n) is 4.54. The highest BCUT2D eigenvalue weighted by Gasteiger charge is 2.20. The zero-order chi connectivity index (χ0) is 14.5. The maximum atomic E-state index is 12.0. The molecule has 0 unspecified atom stereocenters. The molecule has 20 heavy (non-hydrogen) atoms. The Morgan fingerprint density at radius 2 is 2.00 bits per heavy atom. The highest BCUT2D eigenvalue weighted by Crippen LogP contribution is 2.12. The molecule has 1 aromatic carbocycles. The first-order valence-electron chi connectivity index (χ1n) is 6.51. The molecule has 1 amide bonds. The SMILES string of the molecule is CCC[C@H](NC(=O)c1ccc2ccccc2n1)C(=O)O. The molecule has 0 bridgehead atoms. The Bertz CT molecular complexity index is 640. The molecule has 0 aliphatic heterocycles. The molecule has 0 fully saturated rings. The van der Waals surface area contributed by atoms with Crippen LogP contribution in [-0.4, -0.2) is 28.0 Å². The molecule has 2 N–H and O–H groups in total. The summed E-state index contributed by atoms with van der Waals surface area (Å²) < 4.78 is 0. The minimum atomic E-state index is -1.03. The number of carboxylic acid groups (broad SMARTS) is 1. The third kappa shape index (κ3) is 3.12. The predicted molar refractivity (Wildman–Crippen MR) is 75.5 cm³/mol. The number of benzene rings is 1. The molecule has 0 radical (unpaired) electrons. The number of pyridine rings is 1. The number of aromatic nitrogens is 1. The number of fused-ring (bicyclic) bond motifs is 1. The van der Waals surface area contributed by atoms with Gasteiger partial charge in [0.25, 0.3) is 5.91 Å². The van der Waals surface area contributed by atoms with Crippen molar-refractivity contribution in [2.75, 3.05) is 0 Å². The predicted octanol–water partition coefficient (Wildman–Crippen LogP) is 2.22. The Morgan fingerprint density at radius 3 is 2.70 bits per heavy atom. The summed E-state index contributed by atoms with van der Waals surface area (Å²) in [5, 5.41) is 12.5. The summed E-state index contributed by atoms with van der Waals surface area (Å²) in [6.45, 7) is 1.87. The number of amides is 1. The third-order valence-corrected chi connectivity index (χ3v) is 3.01. The van der Waals surface area contributed by atoms with E-state index in [1.807, 2.05) is 31.2 Å². The number of hydrogen-bond acceptors (Lipinski definition) is 3. The van der Waals surface area contributed by atoms with Crippen molar-refractivity contribution in [2.45, 2.75) is 25.8 Å². The van der Waals surface area contributed by atoms with Gasteiger partial charge in [0.05, 0.1) is 5.52 Å². The molecule has 0 saturated carbocycles. The summed E-state index contributed by atoms with van der Waals surface area (Å²) in [4.78, 5) is 27.3. The molecular weight excluding hydrogens is 256 g/mol. The van der Waals surface area contributed by atoms with E-state index >= 15 is 0 Å². The summed E-state index contributed by atoms with van der Waals surface area (Å²) >= 11 is 0. The summed E-state index contributed by atoms with van der Waals surface area (Å²) in [5.41, 5.74) is 0.938. The first kappa shape index (κ1) is 14.0. The van der Waals surface area contributed by atoms with Gasteiger partial charge in [0, 0.05) is 5.39 Å². The van der Waals surface area contributed by atoms with Gasteiger partial charge in [-0.1, -0.05) is 37.6 Å². The van der Waals surface area contributed by atoms with E-state index in [1.165, 1.54) is 0 Å². The monoisotopic (exact) mass is 272 g/mol. The fourth-order valence-corrected chi connectivity index (χ4v) is 1.97. The van der Waals surface area contributed by atoms with Gasteiger partial charge in [-0.3, -0.25) is 4.79 Å². The zero-order valence-electron chi connectivity index (χ0n) is 11.2. The number of nitrogens with zero attached hydrogens (tertiary/aromatic N) is 1. The van der Waals surface area contributed by atoms with Gasteiger partial charge < -0.3 is 10.4 Å². The van der Waals surface area contributed by atoms with Crippen LogP contribution in [0.5, 0.6) is 0 Å². The number of hydrogen-bond donors (Lipinski definition) is 2. The van der Waals surface area contributed by atoms with Crippen molar-refractivity contribution in [3.05, 3.63) is 42.1 Å². The van der Waals surface area contributed by atoms with Gasteiger partial charge in [0.15, 0.2) is 0 Å². The fraction of sp³-hybridized carbons (Fsp3) is 0.267. The average molecular weight is 272 g/mol. The highest BCUT2D eigenvalue weighted by atomic mass is 16.4. The molecule has 5 nitrogen and oxygen atoms in total. The van der Waals surface area contributed by atoms with E-state index in [4.69, 9.17) is 5.11 Å². The minimum absolute atomic E-state index is 0.228. The van der Waals surface area contributed by atoms with E-state index in [9.17, 15) is 9.59 Å². The first-order chi connectivity index (χ1) is 9.61. The van der Waals surface area contributed by atoms with Crippen LogP contribution in [0.2, 0.25) is 0 Å². The van der Waals surface area contributed by atoms with Crippen LogP contribution in [0, 0.1) is 0 Å². The first-order valence-corrected chi connectivity index (χ1v) is 6.51. The van der Waals surface area contributed by atoms with Crippen LogP contribution in [0.25, 0.3) is 10.9 Å². The van der Waals surface area contributed by atoms with Crippen LogP contribution in [0.3, 0.4) is 0 Å². The average Bonchev–Trinajstić information content (AvgIpc) is 2.46. The van der Waals surface area contributed by atoms with Gasteiger partial charge in [-0.2, -0.15) is 0 Å². The lowest BCUT2D eigenvalue weighted by atomic mass is 10.1. The number of carbonyl (C=O) groups is 2. The van der Waals surface area contributed by atoms with E-state index < -0.39 is 17.9 Å². The smallest absolute Gasteiger partial charge is 0.326 e. The molecule has 0 saturated heterocycles. The maximum Gasteiger partial charge on any atom is 0.326 e. The van der Waals surface area contributed by atoms with Gasteiger partial charge in [-0.25, -0.2) is 9.78 Å². The maximum absolute atomic E-state index is 12.0. The van der Waals surface area contributed by atoms with Crippen molar-refractivity contribution in [1.29, 1.82) is 0 Å². The molecule has 2 rings (SSSR count). The second kappa shape index (κ2) is 6.14. The molecule has 0 spiro atoms. The van der Waals surface area contributed by atoms with Crippen molar-refractivity contribution in [3.8, 4) is 0 Å². The third-order valence-electron chi connectivity index (χ3n) is 3.01. The molecular formula is C15H16N2O3. The Labute approximate surface area is 116 Å². The van der Waals surface area contributed by atoms with Crippen LogP contribution in [0.15, 0.2) is 36.4 Å². The quantitative estimate of drug-likeness (QED) is 0.874. The van der Waals surface area contributed by atoms with Crippen molar-refractivity contribution in [1.82, 2.24) is 10.3 Å². The van der Waals surface area contributed by atoms with Crippen molar-refractivity contribution < 1.29 is 14.7 Å². The molecule has 1 atom stereocenters. The fourth-order valence-electron chi connectivity index (χ4n) is 1.97. The normalized spacial score (nSPS) is 12.1. The molecule has 104 valence electrons. The Balaban J connectivity index is 2.20. The van der Waals surface area contributed by atoms with Crippen LogP contribution < -0.4 is 5.32 Å². The Hall–Kier alpha value is -2.43. The van der Waals surface area contributed by atoms with Crippen LogP contribution in [-0.2, 0) is 4.79 Å². The standard InChI is InChI=1S/C15H16N2O3/c1-2-5-13(15(19)20)17-14(18)12-9-8-10-6-3-4-7-11(10)16-12/h3-4,6-9,13H,2,5H2,1H3,(H,17,18)(H,19,20)/t13-/m0/s1. The van der Waals surface area contributed by atoms with E-state index in [0.717, 1.165) is 5.39 Å². The van der Waals surface area contributed by atoms with E-state index in [1.54, 1.807) is 12.1 Å². The summed E-state index contributed by atoms with van der Waals surface area (Å²) in [5.74, 6) is -1.49.